The van der Waals surface area contributed by atoms with Gasteiger partial charge in [-0.05, 0) is 23.8 Å². The number of aryl methyl sites for hydroxylation is 1. The second-order valence-electron chi connectivity index (χ2n) is 4.96. The summed E-state index contributed by atoms with van der Waals surface area (Å²) in [4.78, 5) is 16.7. The molecule has 0 atom stereocenters. The fourth-order valence-electron chi connectivity index (χ4n) is 2.32. The van der Waals surface area contributed by atoms with E-state index >= 15 is 0 Å². The molecule has 3 aromatic rings. The first-order valence-electron chi connectivity index (χ1n) is 6.73. The maximum absolute atomic E-state index is 12.2. The van der Waals surface area contributed by atoms with Crippen LogP contribution in [0.25, 0.3) is 10.8 Å². The zero-order valence-corrected chi connectivity index (χ0v) is 13.8. The van der Waals surface area contributed by atoms with Gasteiger partial charge in [0, 0.05) is 29.0 Å². The van der Waals surface area contributed by atoms with Crippen molar-refractivity contribution in [3.05, 3.63) is 62.6 Å². The quantitative estimate of drug-likeness (QED) is 0.721. The van der Waals surface area contributed by atoms with Gasteiger partial charge in [-0.3, -0.25) is 4.79 Å². The first-order valence-corrected chi connectivity index (χ1v) is 7.52. The van der Waals surface area contributed by atoms with Crippen LogP contribution >= 0.6 is 15.9 Å². The van der Waals surface area contributed by atoms with Crippen molar-refractivity contribution < 1.29 is 4.74 Å². The molecule has 0 aliphatic carbocycles. The summed E-state index contributed by atoms with van der Waals surface area (Å²) in [5.41, 5.74) is 1.76. The molecule has 22 heavy (non-hydrogen) atoms. The van der Waals surface area contributed by atoms with Gasteiger partial charge in [-0.15, -0.1) is 0 Å². The topological polar surface area (TPSA) is 57.0 Å². The number of methoxy groups -OCH3 is 1. The number of fused-ring (bicyclic) bond motifs is 1. The highest BCUT2D eigenvalue weighted by molar-refractivity contribution is 9.10. The van der Waals surface area contributed by atoms with E-state index in [1.54, 1.807) is 13.2 Å². The van der Waals surface area contributed by atoms with Crippen molar-refractivity contribution in [3.8, 4) is 5.88 Å². The van der Waals surface area contributed by atoms with Crippen molar-refractivity contribution in [2.24, 2.45) is 7.05 Å². The Bertz CT molecular complexity index is 888. The largest absolute Gasteiger partial charge is 0.480 e. The van der Waals surface area contributed by atoms with Crippen LogP contribution in [0.15, 0.2) is 45.8 Å². The Morgan fingerprint density at radius 3 is 2.68 bits per heavy atom. The lowest BCUT2D eigenvalue weighted by atomic mass is 10.1. The lowest BCUT2D eigenvalue weighted by Crippen LogP contribution is -2.20. The number of benzene rings is 1. The summed E-state index contributed by atoms with van der Waals surface area (Å²) in [7, 11) is 3.13. The Hall–Kier alpha value is -2.21. The molecule has 5 nitrogen and oxygen atoms in total. The molecule has 1 aromatic carbocycles. The molecule has 6 heteroatoms. The number of halogens is 1. The number of hydrogen-bond donors (Lipinski definition) is 0. The molecule has 2 heterocycles. The van der Waals surface area contributed by atoms with Crippen LogP contribution in [-0.4, -0.2) is 21.9 Å². The minimum atomic E-state index is -0.211. The van der Waals surface area contributed by atoms with Gasteiger partial charge in [0.2, 0.25) is 5.88 Å². The predicted molar refractivity (Wildman–Crippen MR) is 88.3 cm³/mol. The Kier molecular flexibility index (Phi) is 3.94. The summed E-state index contributed by atoms with van der Waals surface area (Å²) >= 11 is 3.42. The van der Waals surface area contributed by atoms with Crippen LogP contribution in [0, 0.1) is 0 Å². The Labute approximate surface area is 135 Å². The van der Waals surface area contributed by atoms with Crippen molar-refractivity contribution in [1.82, 2.24) is 14.8 Å². The lowest BCUT2D eigenvalue weighted by Gasteiger charge is -2.09. The van der Waals surface area contributed by atoms with Gasteiger partial charge in [-0.2, -0.15) is 5.10 Å². The molecule has 0 unspecified atom stereocenters. The Morgan fingerprint density at radius 1 is 1.27 bits per heavy atom. The number of nitrogens with zero attached hydrogens (tertiary/aromatic N) is 3. The maximum atomic E-state index is 12.2. The van der Waals surface area contributed by atoms with E-state index < -0.39 is 0 Å². The smallest absolute Gasteiger partial charge is 0.279 e. The molecule has 0 spiro atoms. The van der Waals surface area contributed by atoms with Crippen molar-refractivity contribution in [3.63, 3.8) is 0 Å². The number of ether oxygens (including phenoxy) is 1. The minimum absolute atomic E-state index is 0.211. The lowest BCUT2D eigenvalue weighted by molar-refractivity contribution is 0.401. The molecule has 0 aliphatic rings. The highest BCUT2D eigenvalue weighted by Gasteiger charge is 2.12. The number of rotatable bonds is 3. The van der Waals surface area contributed by atoms with Crippen LogP contribution in [-0.2, 0) is 13.5 Å². The summed E-state index contributed by atoms with van der Waals surface area (Å²) in [5.74, 6) is 0.340. The van der Waals surface area contributed by atoms with Crippen molar-refractivity contribution in [1.29, 1.82) is 0 Å². The van der Waals surface area contributed by atoms with Gasteiger partial charge in [-0.1, -0.05) is 28.1 Å². The van der Waals surface area contributed by atoms with Gasteiger partial charge >= 0.3 is 0 Å². The highest BCUT2D eigenvalue weighted by Crippen LogP contribution is 2.22. The molecule has 0 saturated heterocycles. The summed E-state index contributed by atoms with van der Waals surface area (Å²) in [5, 5.41) is 5.25. The number of hydrogen-bond acceptors (Lipinski definition) is 4. The SMILES string of the molecule is COc1nc(Cc2ccc(Br)cc2)cc2cnn(C)c(=O)c12. The van der Waals surface area contributed by atoms with E-state index in [-0.39, 0.29) is 5.56 Å². The fourth-order valence-corrected chi connectivity index (χ4v) is 2.59. The molecule has 3 rings (SSSR count). The zero-order valence-electron chi connectivity index (χ0n) is 12.2. The normalized spacial score (nSPS) is 10.9. The molecule has 2 aromatic heterocycles. The molecule has 0 radical (unpaired) electrons. The molecule has 0 saturated carbocycles. The monoisotopic (exact) mass is 359 g/mol. The second-order valence-corrected chi connectivity index (χ2v) is 5.88. The third-order valence-corrected chi connectivity index (χ3v) is 3.97. The van der Waals surface area contributed by atoms with E-state index in [9.17, 15) is 4.79 Å². The summed E-state index contributed by atoms with van der Waals surface area (Å²) < 4.78 is 7.61. The number of pyridine rings is 1. The third kappa shape index (κ3) is 2.74. The van der Waals surface area contributed by atoms with E-state index in [0.717, 1.165) is 21.1 Å². The van der Waals surface area contributed by atoms with E-state index in [4.69, 9.17) is 4.74 Å². The Balaban J connectivity index is 2.10. The van der Waals surface area contributed by atoms with Crippen molar-refractivity contribution in [2.45, 2.75) is 6.42 Å². The van der Waals surface area contributed by atoms with Crippen LogP contribution < -0.4 is 10.3 Å². The average Bonchev–Trinajstić information content (AvgIpc) is 2.52. The van der Waals surface area contributed by atoms with E-state index in [1.165, 1.54) is 11.8 Å². The van der Waals surface area contributed by atoms with E-state index in [1.807, 2.05) is 30.3 Å². The van der Waals surface area contributed by atoms with Gasteiger partial charge in [0.25, 0.3) is 5.56 Å². The Morgan fingerprint density at radius 2 is 2.00 bits per heavy atom. The maximum Gasteiger partial charge on any atom is 0.279 e. The first-order chi connectivity index (χ1) is 10.6. The van der Waals surface area contributed by atoms with Gasteiger partial charge in [0.05, 0.1) is 13.3 Å². The standard InChI is InChI=1S/C16H14BrN3O2/c1-20-16(21)14-11(9-18-20)8-13(19-15(14)22-2)7-10-3-5-12(17)6-4-10/h3-6,8-9H,7H2,1-2H3. The average molecular weight is 360 g/mol. The van der Waals surface area contributed by atoms with Crippen LogP contribution in [0.3, 0.4) is 0 Å². The summed E-state index contributed by atoms with van der Waals surface area (Å²) in [6.07, 6.45) is 2.32. The van der Waals surface area contributed by atoms with Gasteiger partial charge in [0.15, 0.2) is 0 Å². The molecular weight excluding hydrogens is 346 g/mol. The summed E-state index contributed by atoms with van der Waals surface area (Å²) in [6.45, 7) is 0. The first kappa shape index (κ1) is 14.7. The van der Waals surface area contributed by atoms with Crippen molar-refractivity contribution >= 4 is 26.7 Å². The van der Waals surface area contributed by atoms with Gasteiger partial charge in [0.1, 0.15) is 5.39 Å². The molecule has 112 valence electrons. The predicted octanol–water partition coefficient (Wildman–Crippen LogP) is 2.69. The molecular formula is C16H14BrN3O2. The van der Waals surface area contributed by atoms with Crippen LogP contribution in [0.4, 0.5) is 0 Å². The molecule has 0 N–H and O–H groups in total. The van der Waals surface area contributed by atoms with Gasteiger partial charge < -0.3 is 4.74 Å². The molecule has 0 amide bonds. The van der Waals surface area contributed by atoms with Crippen LogP contribution in [0.5, 0.6) is 5.88 Å². The van der Waals surface area contributed by atoms with E-state index in [0.29, 0.717) is 17.7 Å². The van der Waals surface area contributed by atoms with Crippen LogP contribution in [0.2, 0.25) is 0 Å². The van der Waals surface area contributed by atoms with Gasteiger partial charge in [-0.25, -0.2) is 9.67 Å². The summed E-state index contributed by atoms with van der Waals surface area (Å²) in [6, 6.07) is 9.93. The molecule has 0 fully saturated rings. The molecule has 0 bridgehead atoms. The van der Waals surface area contributed by atoms with Crippen LogP contribution in [0.1, 0.15) is 11.3 Å². The van der Waals surface area contributed by atoms with E-state index in [2.05, 4.69) is 26.0 Å². The second kappa shape index (κ2) is 5.88. The molecule has 0 aliphatic heterocycles. The fraction of sp³-hybridized carbons (Fsp3) is 0.188. The third-order valence-electron chi connectivity index (χ3n) is 3.44. The minimum Gasteiger partial charge on any atom is -0.480 e. The highest BCUT2D eigenvalue weighted by atomic mass is 79.9. The number of aromatic nitrogens is 3. The van der Waals surface area contributed by atoms with Crippen molar-refractivity contribution in [2.75, 3.05) is 7.11 Å². The zero-order chi connectivity index (χ0) is 15.7.